The first-order valence-corrected chi connectivity index (χ1v) is 9.44. The van der Waals surface area contributed by atoms with Crippen molar-refractivity contribution in [1.82, 2.24) is 15.2 Å². The Morgan fingerprint density at radius 3 is 2.88 bits per heavy atom. The van der Waals surface area contributed by atoms with Crippen LogP contribution in [0.4, 0.5) is 0 Å². The molecule has 2 aromatic rings. The first-order valence-electron chi connectivity index (χ1n) is 9.44. The molecule has 1 aliphatic heterocycles. The van der Waals surface area contributed by atoms with Gasteiger partial charge in [0.25, 0.3) is 0 Å². The van der Waals surface area contributed by atoms with Gasteiger partial charge in [0.1, 0.15) is 0 Å². The molecule has 0 radical (unpaired) electrons. The SMILES string of the molecule is CCOC1CCN(C(=NC)NCCCc2c[nH]c3ccccc23)CC1. The Hall–Kier alpha value is -2.01. The van der Waals surface area contributed by atoms with Crippen molar-refractivity contribution in [2.45, 2.75) is 38.7 Å². The number of hydrogen-bond donors (Lipinski definition) is 2. The van der Waals surface area contributed by atoms with Gasteiger partial charge in [-0.25, -0.2) is 0 Å². The molecular weight excluding hydrogens is 312 g/mol. The molecule has 0 aliphatic carbocycles. The van der Waals surface area contributed by atoms with Crippen molar-refractivity contribution >= 4 is 16.9 Å². The van der Waals surface area contributed by atoms with E-state index in [4.69, 9.17) is 4.74 Å². The van der Waals surface area contributed by atoms with E-state index >= 15 is 0 Å². The lowest BCUT2D eigenvalue weighted by molar-refractivity contribution is 0.0264. The molecule has 1 saturated heterocycles. The van der Waals surface area contributed by atoms with Gasteiger partial charge in [-0.1, -0.05) is 18.2 Å². The number of nitrogens with one attached hydrogen (secondary N) is 2. The largest absolute Gasteiger partial charge is 0.378 e. The maximum Gasteiger partial charge on any atom is 0.193 e. The highest BCUT2D eigenvalue weighted by Crippen LogP contribution is 2.19. The number of para-hydroxylation sites is 1. The van der Waals surface area contributed by atoms with Crippen LogP contribution in [0.2, 0.25) is 0 Å². The van der Waals surface area contributed by atoms with Crippen LogP contribution in [0.15, 0.2) is 35.5 Å². The van der Waals surface area contributed by atoms with E-state index in [0.717, 1.165) is 57.9 Å². The Bertz CT molecular complexity index is 686. The number of hydrogen-bond acceptors (Lipinski definition) is 2. The average molecular weight is 342 g/mol. The molecular formula is C20H30N4O. The fourth-order valence-corrected chi connectivity index (χ4v) is 3.62. The molecule has 25 heavy (non-hydrogen) atoms. The molecule has 0 atom stereocenters. The molecule has 3 rings (SSSR count). The monoisotopic (exact) mass is 342 g/mol. The van der Waals surface area contributed by atoms with E-state index in [-0.39, 0.29) is 0 Å². The Kier molecular flexibility index (Phi) is 6.34. The number of fused-ring (bicyclic) bond motifs is 1. The molecule has 0 spiro atoms. The molecule has 2 heterocycles. The summed E-state index contributed by atoms with van der Waals surface area (Å²) in [5, 5.41) is 4.86. The van der Waals surface area contributed by atoms with Crippen molar-refractivity contribution in [3.8, 4) is 0 Å². The van der Waals surface area contributed by atoms with Gasteiger partial charge in [0.05, 0.1) is 6.10 Å². The molecule has 0 amide bonds. The number of benzene rings is 1. The fraction of sp³-hybridized carbons (Fsp3) is 0.550. The number of piperidine rings is 1. The molecule has 0 saturated carbocycles. The maximum atomic E-state index is 5.73. The number of likely N-dealkylation sites (tertiary alicyclic amines) is 1. The van der Waals surface area contributed by atoms with Crippen molar-refractivity contribution in [2.24, 2.45) is 4.99 Å². The zero-order valence-corrected chi connectivity index (χ0v) is 15.4. The lowest BCUT2D eigenvalue weighted by atomic mass is 10.1. The van der Waals surface area contributed by atoms with Gasteiger partial charge in [-0.15, -0.1) is 0 Å². The summed E-state index contributed by atoms with van der Waals surface area (Å²) < 4.78 is 5.73. The lowest BCUT2D eigenvalue weighted by Crippen LogP contribution is -2.47. The van der Waals surface area contributed by atoms with Gasteiger partial charge in [-0.2, -0.15) is 0 Å². The zero-order valence-electron chi connectivity index (χ0n) is 15.4. The van der Waals surface area contributed by atoms with Crippen LogP contribution in [0.1, 0.15) is 31.7 Å². The number of H-pyrrole nitrogens is 1. The Morgan fingerprint density at radius 2 is 2.12 bits per heavy atom. The number of rotatable bonds is 6. The van der Waals surface area contributed by atoms with Gasteiger partial charge in [0.15, 0.2) is 5.96 Å². The first kappa shape index (κ1) is 17.8. The van der Waals surface area contributed by atoms with Crippen LogP contribution in [0.25, 0.3) is 10.9 Å². The molecule has 5 nitrogen and oxygen atoms in total. The quantitative estimate of drug-likeness (QED) is 0.482. The Balaban J connectivity index is 1.43. The van der Waals surface area contributed by atoms with Crippen molar-refractivity contribution in [1.29, 1.82) is 0 Å². The van der Waals surface area contributed by atoms with E-state index in [1.807, 2.05) is 7.05 Å². The van der Waals surface area contributed by atoms with Gasteiger partial charge in [0.2, 0.25) is 0 Å². The van der Waals surface area contributed by atoms with E-state index in [2.05, 4.69) is 57.6 Å². The van der Waals surface area contributed by atoms with Gasteiger partial charge in [-0.3, -0.25) is 4.99 Å². The number of ether oxygens (including phenoxy) is 1. The third-order valence-electron chi connectivity index (χ3n) is 4.94. The summed E-state index contributed by atoms with van der Waals surface area (Å²) in [5.41, 5.74) is 2.61. The Labute approximate surface area is 150 Å². The van der Waals surface area contributed by atoms with Crippen molar-refractivity contribution in [3.05, 3.63) is 36.0 Å². The number of nitrogens with zero attached hydrogens (tertiary/aromatic N) is 2. The molecule has 1 aliphatic rings. The van der Waals surface area contributed by atoms with E-state index in [0.29, 0.717) is 6.10 Å². The highest BCUT2D eigenvalue weighted by Gasteiger charge is 2.21. The minimum Gasteiger partial charge on any atom is -0.378 e. The zero-order chi connectivity index (χ0) is 17.5. The van der Waals surface area contributed by atoms with Gasteiger partial charge >= 0.3 is 0 Å². The first-order chi connectivity index (χ1) is 12.3. The Morgan fingerprint density at radius 1 is 1.32 bits per heavy atom. The molecule has 2 N–H and O–H groups in total. The minimum absolute atomic E-state index is 0.418. The van der Waals surface area contributed by atoms with Crippen LogP contribution < -0.4 is 5.32 Å². The standard InChI is InChI=1S/C20H30N4O/c1-3-25-17-10-13-24(14-11-17)20(21-2)22-12-6-7-16-15-23-19-9-5-4-8-18(16)19/h4-5,8-9,15,17,23H,3,6-7,10-14H2,1-2H3,(H,21,22). The summed E-state index contributed by atoms with van der Waals surface area (Å²) in [4.78, 5) is 10.2. The highest BCUT2D eigenvalue weighted by molar-refractivity contribution is 5.83. The molecule has 1 aromatic heterocycles. The third kappa shape index (κ3) is 4.54. The van der Waals surface area contributed by atoms with E-state index < -0.39 is 0 Å². The van der Waals surface area contributed by atoms with Crippen molar-refractivity contribution in [2.75, 3.05) is 33.3 Å². The van der Waals surface area contributed by atoms with Crippen molar-refractivity contribution in [3.63, 3.8) is 0 Å². The summed E-state index contributed by atoms with van der Waals surface area (Å²) >= 11 is 0. The number of aromatic amines is 1. The summed E-state index contributed by atoms with van der Waals surface area (Å²) in [7, 11) is 1.87. The average Bonchev–Trinajstić information content (AvgIpc) is 3.06. The number of aromatic nitrogens is 1. The molecule has 0 unspecified atom stereocenters. The van der Waals surface area contributed by atoms with E-state index in [9.17, 15) is 0 Å². The molecule has 0 bridgehead atoms. The van der Waals surface area contributed by atoms with Crippen LogP contribution in [-0.4, -0.2) is 55.2 Å². The second-order valence-electron chi connectivity index (χ2n) is 6.58. The fourth-order valence-electron chi connectivity index (χ4n) is 3.62. The molecule has 5 heteroatoms. The minimum atomic E-state index is 0.418. The maximum absolute atomic E-state index is 5.73. The van der Waals surface area contributed by atoms with Gasteiger partial charge in [0, 0.05) is 50.4 Å². The van der Waals surface area contributed by atoms with Crippen LogP contribution in [-0.2, 0) is 11.2 Å². The second-order valence-corrected chi connectivity index (χ2v) is 6.58. The van der Waals surface area contributed by atoms with E-state index in [1.54, 1.807) is 0 Å². The summed E-state index contributed by atoms with van der Waals surface area (Å²) in [5.74, 6) is 1.02. The van der Waals surface area contributed by atoms with Crippen LogP contribution in [0, 0.1) is 0 Å². The predicted molar refractivity (Wildman–Crippen MR) is 104 cm³/mol. The normalized spacial score (nSPS) is 16.6. The number of guanidine groups is 1. The third-order valence-corrected chi connectivity index (χ3v) is 4.94. The molecule has 136 valence electrons. The smallest absolute Gasteiger partial charge is 0.193 e. The second kappa shape index (κ2) is 8.90. The van der Waals surface area contributed by atoms with Gasteiger partial charge in [-0.05, 0) is 44.2 Å². The lowest BCUT2D eigenvalue weighted by Gasteiger charge is -2.34. The van der Waals surface area contributed by atoms with Crippen LogP contribution >= 0.6 is 0 Å². The van der Waals surface area contributed by atoms with Gasteiger partial charge < -0.3 is 19.9 Å². The summed E-state index contributed by atoms with van der Waals surface area (Å²) in [6.45, 7) is 5.86. The molecule has 1 aromatic carbocycles. The van der Waals surface area contributed by atoms with Crippen LogP contribution in [0.5, 0.6) is 0 Å². The van der Waals surface area contributed by atoms with Crippen molar-refractivity contribution < 1.29 is 4.74 Å². The number of aryl methyl sites for hydroxylation is 1. The summed E-state index contributed by atoms with van der Waals surface area (Å²) in [6.07, 6.45) is 6.89. The topological polar surface area (TPSA) is 52.6 Å². The predicted octanol–water partition coefficient (Wildman–Crippen LogP) is 3.18. The van der Waals surface area contributed by atoms with Crippen LogP contribution in [0.3, 0.4) is 0 Å². The van der Waals surface area contributed by atoms with E-state index in [1.165, 1.54) is 16.5 Å². The summed E-state index contributed by atoms with van der Waals surface area (Å²) in [6, 6.07) is 8.50. The number of aliphatic imine (C=N–C) groups is 1. The highest BCUT2D eigenvalue weighted by atomic mass is 16.5. The molecule has 1 fully saturated rings.